The minimum Gasteiger partial charge on any atom is -0.497 e. The second-order valence-corrected chi connectivity index (χ2v) is 8.04. The molecule has 32 heavy (non-hydrogen) atoms. The average molecular weight is 427 g/mol. The molecule has 0 spiro atoms. The molecule has 0 unspecified atom stereocenters. The van der Waals surface area contributed by atoms with Crippen LogP contribution in [0.25, 0.3) is 23.2 Å². The highest BCUT2D eigenvalue weighted by atomic mass is 16.5. The van der Waals surface area contributed by atoms with Crippen LogP contribution in [0.4, 0.5) is 0 Å². The Morgan fingerprint density at radius 2 is 1.72 bits per heavy atom. The Bertz CT molecular complexity index is 1210. The molecule has 0 aliphatic carbocycles. The van der Waals surface area contributed by atoms with Gasteiger partial charge < -0.3 is 14.0 Å². The Morgan fingerprint density at radius 1 is 0.906 bits per heavy atom. The highest BCUT2D eigenvalue weighted by molar-refractivity contribution is 5.79. The van der Waals surface area contributed by atoms with Crippen LogP contribution in [0.15, 0.2) is 66.7 Å². The van der Waals surface area contributed by atoms with Crippen molar-refractivity contribution in [2.45, 2.75) is 33.2 Å². The lowest BCUT2D eigenvalue weighted by Crippen LogP contribution is -2.04. The second kappa shape index (κ2) is 10.2. The van der Waals surface area contributed by atoms with Crippen molar-refractivity contribution in [3.63, 3.8) is 0 Å². The van der Waals surface area contributed by atoms with E-state index < -0.39 is 0 Å². The first kappa shape index (κ1) is 21.7. The molecule has 1 heterocycles. The number of nitrogens with zero attached hydrogens (tertiary/aromatic N) is 2. The van der Waals surface area contributed by atoms with E-state index in [1.165, 1.54) is 11.1 Å². The lowest BCUT2D eigenvalue weighted by molar-refractivity contribution is 0.301. The van der Waals surface area contributed by atoms with E-state index in [-0.39, 0.29) is 0 Å². The van der Waals surface area contributed by atoms with Gasteiger partial charge in [0.15, 0.2) is 0 Å². The summed E-state index contributed by atoms with van der Waals surface area (Å²) >= 11 is 0. The topological polar surface area (TPSA) is 36.3 Å². The van der Waals surface area contributed by atoms with Crippen molar-refractivity contribution in [2.75, 3.05) is 13.7 Å². The number of aryl methyl sites for hydroxylation is 3. The fourth-order valence-corrected chi connectivity index (χ4v) is 3.76. The molecule has 0 saturated heterocycles. The first-order valence-electron chi connectivity index (χ1n) is 11.1. The van der Waals surface area contributed by atoms with Gasteiger partial charge in [-0.05, 0) is 79.8 Å². The monoisotopic (exact) mass is 426 g/mol. The van der Waals surface area contributed by atoms with Gasteiger partial charge in [0, 0.05) is 6.54 Å². The number of methoxy groups -OCH3 is 1. The molecule has 1 aromatic heterocycles. The normalized spacial score (nSPS) is 11.3. The van der Waals surface area contributed by atoms with Gasteiger partial charge >= 0.3 is 0 Å². The van der Waals surface area contributed by atoms with Crippen molar-refractivity contribution in [1.82, 2.24) is 9.55 Å². The molecule has 0 radical (unpaired) electrons. The minimum atomic E-state index is 0.716. The summed E-state index contributed by atoms with van der Waals surface area (Å²) in [7, 11) is 1.68. The molecule has 0 bridgehead atoms. The van der Waals surface area contributed by atoms with Gasteiger partial charge in [0.1, 0.15) is 17.3 Å². The molecule has 4 nitrogen and oxygen atoms in total. The zero-order valence-corrected chi connectivity index (χ0v) is 19.0. The Morgan fingerprint density at radius 3 is 2.53 bits per heavy atom. The molecule has 0 atom stereocenters. The van der Waals surface area contributed by atoms with Crippen LogP contribution in [0.2, 0.25) is 0 Å². The van der Waals surface area contributed by atoms with Gasteiger partial charge in [-0.15, -0.1) is 0 Å². The number of benzene rings is 3. The van der Waals surface area contributed by atoms with Gasteiger partial charge in [-0.3, -0.25) is 0 Å². The molecule has 0 N–H and O–H groups in total. The molecule has 0 aliphatic rings. The molecule has 4 rings (SSSR count). The Balaban J connectivity index is 1.43. The number of para-hydroxylation sites is 2. The van der Waals surface area contributed by atoms with Crippen molar-refractivity contribution in [3.8, 4) is 11.5 Å². The number of aromatic nitrogens is 2. The molecule has 0 fully saturated rings. The van der Waals surface area contributed by atoms with Gasteiger partial charge in [0.05, 0.1) is 24.8 Å². The highest BCUT2D eigenvalue weighted by Gasteiger charge is 2.08. The standard InChI is InChI=1S/C28H30N2O2/c1-21-10-11-22(2)27(20-21)32-19-7-6-18-30-26-9-5-4-8-25(26)29-28(30)17-14-23-12-15-24(31-3)16-13-23/h4-5,8-17,20H,6-7,18-19H2,1-3H3/b17-14+. The fraction of sp³-hybridized carbons (Fsp3) is 0.250. The van der Waals surface area contributed by atoms with E-state index in [4.69, 9.17) is 14.5 Å². The maximum absolute atomic E-state index is 6.03. The summed E-state index contributed by atoms with van der Waals surface area (Å²) in [4.78, 5) is 4.85. The van der Waals surface area contributed by atoms with E-state index >= 15 is 0 Å². The van der Waals surface area contributed by atoms with Gasteiger partial charge in [0.2, 0.25) is 0 Å². The summed E-state index contributed by atoms with van der Waals surface area (Å²) in [6, 6.07) is 22.7. The van der Waals surface area contributed by atoms with Crippen molar-refractivity contribution >= 4 is 23.2 Å². The fourth-order valence-electron chi connectivity index (χ4n) is 3.76. The summed E-state index contributed by atoms with van der Waals surface area (Å²) < 4.78 is 13.6. The predicted molar refractivity (Wildman–Crippen MR) is 132 cm³/mol. The van der Waals surface area contributed by atoms with Crippen molar-refractivity contribution in [2.24, 2.45) is 0 Å². The highest BCUT2D eigenvalue weighted by Crippen LogP contribution is 2.21. The summed E-state index contributed by atoms with van der Waals surface area (Å²) in [5.74, 6) is 2.82. The molecular formula is C28H30N2O2. The van der Waals surface area contributed by atoms with Gasteiger partial charge in [-0.25, -0.2) is 4.98 Å². The molecule has 0 amide bonds. The molecule has 4 heteroatoms. The van der Waals surface area contributed by atoms with E-state index in [2.05, 4.69) is 67.0 Å². The third-order valence-corrected chi connectivity index (χ3v) is 5.60. The third kappa shape index (κ3) is 5.20. The molecule has 3 aromatic carbocycles. The van der Waals surface area contributed by atoms with E-state index in [0.29, 0.717) is 6.61 Å². The summed E-state index contributed by atoms with van der Waals surface area (Å²) in [5.41, 5.74) is 5.71. The van der Waals surface area contributed by atoms with Gasteiger partial charge in [0.25, 0.3) is 0 Å². The predicted octanol–water partition coefficient (Wildman–Crippen LogP) is 6.69. The van der Waals surface area contributed by atoms with Crippen molar-refractivity contribution in [1.29, 1.82) is 0 Å². The Hall–Kier alpha value is -3.53. The number of hydrogen-bond donors (Lipinski definition) is 0. The van der Waals surface area contributed by atoms with Crippen LogP contribution in [0.5, 0.6) is 11.5 Å². The second-order valence-electron chi connectivity index (χ2n) is 8.04. The van der Waals surface area contributed by atoms with Crippen LogP contribution in [0, 0.1) is 13.8 Å². The van der Waals surface area contributed by atoms with Gasteiger partial charge in [-0.1, -0.05) is 42.5 Å². The quantitative estimate of drug-likeness (QED) is 0.280. The summed E-state index contributed by atoms with van der Waals surface area (Å²) in [5, 5.41) is 0. The van der Waals surface area contributed by atoms with Crippen LogP contribution < -0.4 is 9.47 Å². The van der Waals surface area contributed by atoms with E-state index in [9.17, 15) is 0 Å². The lowest BCUT2D eigenvalue weighted by Gasteiger charge is -2.11. The number of hydrogen-bond acceptors (Lipinski definition) is 3. The molecule has 0 saturated carbocycles. The van der Waals surface area contributed by atoms with Crippen LogP contribution in [-0.4, -0.2) is 23.3 Å². The zero-order valence-electron chi connectivity index (χ0n) is 19.0. The molecule has 164 valence electrons. The number of ether oxygens (including phenoxy) is 2. The minimum absolute atomic E-state index is 0.716. The van der Waals surface area contributed by atoms with Crippen LogP contribution in [0.1, 0.15) is 35.4 Å². The van der Waals surface area contributed by atoms with Crippen LogP contribution in [0.3, 0.4) is 0 Å². The van der Waals surface area contributed by atoms with Crippen LogP contribution in [-0.2, 0) is 6.54 Å². The third-order valence-electron chi connectivity index (χ3n) is 5.60. The first-order valence-corrected chi connectivity index (χ1v) is 11.1. The Labute approximate surface area is 190 Å². The maximum atomic E-state index is 6.03. The SMILES string of the molecule is COc1ccc(/C=C/c2nc3ccccc3n2CCCCOc2cc(C)ccc2C)cc1. The zero-order chi connectivity index (χ0) is 22.3. The van der Waals surface area contributed by atoms with Crippen molar-refractivity contribution in [3.05, 3.63) is 89.2 Å². The van der Waals surface area contributed by atoms with Gasteiger partial charge in [-0.2, -0.15) is 0 Å². The molecular weight excluding hydrogens is 396 g/mol. The van der Waals surface area contributed by atoms with Crippen LogP contribution >= 0.6 is 0 Å². The lowest BCUT2D eigenvalue weighted by atomic mass is 10.1. The first-order chi connectivity index (χ1) is 15.6. The smallest absolute Gasteiger partial charge is 0.133 e. The number of fused-ring (bicyclic) bond motifs is 1. The number of rotatable bonds is 9. The number of unbranched alkanes of at least 4 members (excludes halogenated alkanes) is 1. The van der Waals surface area contributed by atoms with E-state index in [0.717, 1.165) is 53.3 Å². The molecule has 0 aliphatic heterocycles. The maximum Gasteiger partial charge on any atom is 0.133 e. The van der Waals surface area contributed by atoms with E-state index in [1.54, 1.807) is 7.11 Å². The van der Waals surface area contributed by atoms with E-state index in [1.807, 2.05) is 30.3 Å². The average Bonchev–Trinajstić information content (AvgIpc) is 3.17. The molecule has 4 aromatic rings. The summed E-state index contributed by atoms with van der Waals surface area (Å²) in [6.07, 6.45) is 6.20. The Kier molecular flexibility index (Phi) is 6.90. The van der Waals surface area contributed by atoms with Crippen molar-refractivity contribution < 1.29 is 9.47 Å². The summed E-state index contributed by atoms with van der Waals surface area (Å²) in [6.45, 7) is 5.80. The largest absolute Gasteiger partial charge is 0.497 e. The number of imidazole rings is 1.